The third-order valence-corrected chi connectivity index (χ3v) is 5.21. The Morgan fingerprint density at radius 1 is 1.08 bits per heavy atom. The number of hydrogen-bond donors (Lipinski definition) is 1. The van der Waals surface area contributed by atoms with Crippen LogP contribution in [-0.2, 0) is 19.4 Å². The summed E-state index contributed by atoms with van der Waals surface area (Å²) in [6.07, 6.45) is 3.66. The molecule has 0 radical (unpaired) electrons. The fourth-order valence-corrected chi connectivity index (χ4v) is 3.86. The summed E-state index contributed by atoms with van der Waals surface area (Å²) < 4.78 is 5.71. The van der Waals surface area contributed by atoms with E-state index in [1.807, 2.05) is 7.05 Å². The van der Waals surface area contributed by atoms with E-state index in [4.69, 9.17) is 4.42 Å². The molecular weight excluding hydrogens is 373 g/mol. The van der Waals surface area contributed by atoms with E-state index in [0.717, 1.165) is 26.2 Å². The minimum absolute atomic E-state index is 0. The number of hydrogen-bond acceptors (Lipinski definition) is 6. The van der Waals surface area contributed by atoms with Crippen LogP contribution in [0.25, 0.3) is 0 Å². The number of halogens is 2. The molecule has 2 heterocycles. The molecule has 1 aliphatic carbocycles. The third kappa shape index (κ3) is 4.49. The van der Waals surface area contributed by atoms with Crippen molar-refractivity contribution in [3.63, 3.8) is 0 Å². The van der Waals surface area contributed by atoms with Gasteiger partial charge in [-0.25, -0.2) is 0 Å². The number of benzene rings is 1. The molecule has 8 heteroatoms. The molecule has 1 aliphatic heterocycles. The lowest BCUT2D eigenvalue weighted by atomic mass is 9.87. The molecule has 1 fully saturated rings. The molecule has 2 aromatic rings. The van der Waals surface area contributed by atoms with Gasteiger partial charge in [0.05, 0.1) is 6.54 Å². The van der Waals surface area contributed by atoms with Gasteiger partial charge in [0.15, 0.2) is 0 Å². The lowest BCUT2D eigenvalue weighted by Gasteiger charge is -2.40. The maximum absolute atomic E-state index is 5.71. The average molecular weight is 400 g/mol. The lowest BCUT2D eigenvalue weighted by molar-refractivity contribution is 0.167. The molecule has 0 spiro atoms. The van der Waals surface area contributed by atoms with Gasteiger partial charge in [-0.15, -0.1) is 29.9 Å². The van der Waals surface area contributed by atoms with Gasteiger partial charge in [0.2, 0.25) is 5.89 Å². The Labute approximate surface area is 167 Å². The van der Waals surface area contributed by atoms with Crippen LogP contribution in [0, 0.1) is 0 Å². The fraction of sp³-hybridized carbons (Fsp3) is 0.556. The van der Waals surface area contributed by atoms with Crippen LogP contribution in [0.2, 0.25) is 0 Å². The van der Waals surface area contributed by atoms with E-state index >= 15 is 0 Å². The largest absolute Gasteiger partial charge is 0.407 e. The van der Waals surface area contributed by atoms with Gasteiger partial charge in [0.1, 0.15) is 0 Å². The van der Waals surface area contributed by atoms with Gasteiger partial charge in [-0.3, -0.25) is 4.90 Å². The molecule has 1 unspecified atom stereocenters. The van der Waals surface area contributed by atoms with Gasteiger partial charge in [-0.2, -0.15) is 0 Å². The molecule has 0 amide bonds. The van der Waals surface area contributed by atoms with Crippen molar-refractivity contribution in [2.75, 3.05) is 38.1 Å². The highest BCUT2D eigenvalue weighted by Crippen LogP contribution is 2.26. The number of fused-ring (bicyclic) bond motifs is 1. The summed E-state index contributed by atoms with van der Waals surface area (Å²) in [4.78, 5) is 4.84. The van der Waals surface area contributed by atoms with E-state index < -0.39 is 0 Å². The van der Waals surface area contributed by atoms with Crippen LogP contribution >= 0.6 is 24.8 Å². The first-order valence-electron chi connectivity index (χ1n) is 8.86. The Balaban J connectivity index is 0.00000121. The van der Waals surface area contributed by atoms with Crippen LogP contribution in [-0.4, -0.2) is 54.4 Å². The SMILES string of the molecule is CNCc1nnc(N2CCN(C3CCc4ccccc4C3)CC2)o1.Cl.Cl. The van der Waals surface area contributed by atoms with Crippen molar-refractivity contribution in [2.24, 2.45) is 0 Å². The number of nitrogens with one attached hydrogen (secondary N) is 1. The first-order chi connectivity index (χ1) is 11.8. The van der Waals surface area contributed by atoms with Crippen LogP contribution in [0.5, 0.6) is 0 Å². The summed E-state index contributed by atoms with van der Waals surface area (Å²) in [5.74, 6) is 0.652. The minimum atomic E-state index is 0. The molecule has 1 saturated heterocycles. The van der Waals surface area contributed by atoms with E-state index in [1.165, 1.54) is 30.4 Å². The van der Waals surface area contributed by atoms with Gasteiger partial charge in [0, 0.05) is 32.2 Å². The Hall–Kier alpha value is -1.34. The maximum Gasteiger partial charge on any atom is 0.318 e. The van der Waals surface area contributed by atoms with Crippen molar-refractivity contribution in [1.82, 2.24) is 20.4 Å². The Morgan fingerprint density at radius 2 is 1.81 bits per heavy atom. The van der Waals surface area contributed by atoms with E-state index in [1.54, 1.807) is 0 Å². The molecule has 1 atom stereocenters. The zero-order valence-corrected chi connectivity index (χ0v) is 16.7. The van der Waals surface area contributed by atoms with Crippen LogP contribution in [0.1, 0.15) is 23.4 Å². The summed E-state index contributed by atoms with van der Waals surface area (Å²) in [5, 5.41) is 11.3. The number of aryl methyl sites for hydroxylation is 1. The summed E-state index contributed by atoms with van der Waals surface area (Å²) in [6.45, 7) is 4.67. The summed E-state index contributed by atoms with van der Waals surface area (Å²) in [6, 6.07) is 10.2. The lowest BCUT2D eigenvalue weighted by Crippen LogP contribution is -2.51. The van der Waals surface area contributed by atoms with E-state index in [-0.39, 0.29) is 24.8 Å². The van der Waals surface area contributed by atoms with Crippen molar-refractivity contribution in [2.45, 2.75) is 31.8 Å². The zero-order valence-electron chi connectivity index (χ0n) is 15.1. The topological polar surface area (TPSA) is 57.4 Å². The molecule has 2 aliphatic rings. The van der Waals surface area contributed by atoms with E-state index in [0.29, 0.717) is 24.5 Å². The second-order valence-corrected chi connectivity index (χ2v) is 6.70. The van der Waals surface area contributed by atoms with Gasteiger partial charge in [-0.05, 0) is 37.4 Å². The second kappa shape index (κ2) is 9.55. The van der Waals surface area contributed by atoms with Gasteiger partial charge in [0.25, 0.3) is 0 Å². The van der Waals surface area contributed by atoms with Crippen LogP contribution < -0.4 is 10.2 Å². The van der Waals surface area contributed by atoms with E-state index in [2.05, 4.69) is 49.6 Å². The summed E-state index contributed by atoms with van der Waals surface area (Å²) >= 11 is 0. The van der Waals surface area contributed by atoms with Crippen molar-refractivity contribution < 1.29 is 4.42 Å². The minimum Gasteiger partial charge on any atom is -0.407 e. The number of piperazine rings is 1. The highest BCUT2D eigenvalue weighted by Gasteiger charge is 2.28. The molecule has 144 valence electrons. The van der Waals surface area contributed by atoms with Gasteiger partial charge < -0.3 is 14.6 Å². The molecule has 1 aromatic heterocycles. The first kappa shape index (κ1) is 21.0. The Morgan fingerprint density at radius 3 is 2.54 bits per heavy atom. The quantitative estimate of drug-likeness (QED) is 0.850. The predicted octanol–water partition coefficient (Wildman–Crippen LogP) is 2.31. The second-order valence-electron chi connectivity index (χ2n) is 6.70. The smallest absolute Gasteiger partial charge is 0.318 e. The third-order valence-electron chi connectivity index (χ3n) is 5.21. The molecule has 1 N–H and O–H groups in total. The van der Waals surface area contributed by atoms with Crippen LogP contribution in [0.4, 0.5) is 6.01 Å². The molecule has 26 heavy (non-hydrogen) atoms. The zero-order chi connectivity index (χ0) is 16.4. The molecule has 1 aromatic carbocycles. The molecular formula is C18H27Cl2N5O. The Bertz CT molecular complexity index is 688. The number of rotatable bonds is 4. The number of aromatic nitrogens is 2. The molecule has 0 bridgehead atoms. The van der Waals surface area contributed by atoms with Crippen molar-refractivity contribution in [3.05, 3.63) is 41.3 Å². The molecule has 4 rings (SSSR count). The summed E-state index contributed by atoms with van der Waals surface area (Å²) in [5.41, 5.74) is 3.07. The maximum atomic E-state index is 5.71. The highest BCUT2D eigenvalue weighted by atomic mass is 35.5. The molecule has 0 saturated carbocycles. The number of nitrogens with zero attached hydrogens (tertiary/aromatic N) is 4. The predicted molar refractivity (Wildman–Crippen MR) is 108 cm³/mol. The molecule has 6 nitrogen and oxygen atoms in total. The summed E-state index contributed by atoms with van der Waals surface area (Å²) in [7, 11) is 1.88. The van der Waals surface area contributed by atoms with Crippen molar-refractivity contribution >= 4 is 30.8 Å². The monoisotopic (exact) mass is 399 g/mol. The first-order valence-corrected chi connectivity index (χ1v) is 8.86. The standard InChI is InChI=1S/C18H25N5O.2ClH/c1-19-13-17-20-21-18(24-17)23-10-8-22(9-11-23)16-7-6-14-4-2-3-5-15(14)12-16;;/h2-5,16,19H,6-13H2,1H3;2*1H. The highest BCUT2D eigenvalue weighted by molar-refractivity contribution is 5.85. The van der Waals surface area contributed by atoms with Crippen molar-refractivity contribution in [3.8, 4) is 0 Å². The van der Waals surface area contributed by atoms with Crippen LogP contribution in [0.15, 0.2) is 28.7 Å². The van der Waals surface area contributed by atoms with E-state index in [9.17, 15) is 0 Å². The fourth-order valence-electron chi connectivity index (χ4n) is 3.86. The average Bonchev–Trinajstić information content (AvgIpc) is 3.10. The van der Waals surface area contributed by atoms with Crippen molar-refractivity contribution in [1.29, 1.82) is 0 Å². The normalized spacial score (nSPS) is 20.0. The van der Waals surface area contributed by atoms with Crippen LogP contribution in [0.3, 0.4) is 0 Å². The number of anilines is 1. The van der Waals surface area contributed by atoms with Gasteiger partial charge in [-0.1, -0.05) is 29.4 Å². The Kier molecular flexibility index (Phi) is 7.70. The van der Waals surface area contributed by atoms with Gasteiger partial charge >= 0.3 is 6.01 Å².